The summed E-state index contributed by atoms with van der Waals surface area (Å²) in [4.78, 5) is 0. The maximum Gasteiger partial charge on any atom is 0.0110 e. The Kier molecular flexibility index (Phi) is 2.49. The van der Waals surface area contributed by atoms with Crippen LogP contribution in [0, 0.1) is 0 Å². The minimum atomic E-state index is 0.518. The lowest BCUT2D eigenvalue weighted by Gasteiger charge is -2.11. The van der Waals surface area contributed by atoms with E-state index in [0.717, 1.165) is 12.2 Å². The van der Waals surface area contributed by atoms with Crippen molar-refractivity contribution >= 4 is 12.6 Å². The summed E-state index contributed by atoms with van der Waals surface area (Å²) in [5.74, 6) is 1.35. The molecule has 1 aliphatic carbocycles. The van der Waals surface area contributed by atoms with Gasteiger partial charge < -0.3 is 0 Å². The van der Waals surface area contributed by atoms with E-state index in [1.54, 1.807) is 0 Å². The molecule has 0 atom stereocenters. The van der Waals surface area contributed by atoms with Crippen LogP contribution in [0.15, 0.2) is 48.5 Å². The zero-order chi connectivity index (χ0) is 11.0. The highest BCUT2D eigenvalue weighted by Crippen LogP contribution is 2.45. The fourth-order valence-electron chi connectivity index (χ4n) is 2.69. The van der Waals surface area contributed by atoms with Gasteiger partial charge in [0.15, 0.2) is 0 Å². The Morgan fingerprint density at radius 3 is 1.81 bits per heavy atom. The molecule has 1 aliphatic rings. The minimum Gasteiger partial charge on any atom is -0.0941 e. The van der Waals surface area contributed by atoms with Gasteiger partial charge in [-0.2, -0.15) is 0 Å². The molecule has 0 saturated carbocycles. The van der Waals surface area contributed by atoms with Gasteiger partial charge in [0, 0.05) is 11.7 Å². The molecule has 0 spiro atoms. The Balaban J connectivity index is 2.21. The smallest absolute Gasteiger partial charge is 0.0110 e. The van der Waals surface area contributed by atoms with Crippen molar-refractivity contribution in [2.75, 3.05) is 5.75 Å². The van der Waals surface area contributed by atoms with Crippen molar-refractivity contribution in [3.05, 3.63) is 59.7 Å². The molecule has 0 amide bonds. The van der Waals surface area contributed by atoms with E-state index in [4.69, 9.17) is 12.6 Å². The first-order valence-electron chi connectivity index (χ1n) is 5.68. The molecule has 2 aromatic rings. The summed E-state index contributed by atoms with van der Waals surface area (Å²) in [6, 6.07) is 17.4. The molecule has 0 bridgehead atoms. The van der Waals surface area contributed by atoms with Crippen LogP contribution in [-0.4, -0.2) is 5.75 Å². The molecule has 3 rings (SSSR count). The standard InChI is InChI=1S/C15H13S/c16-10-9-15-13-7-3-1-5-11(13)12-6-2-4-8-14(12)15/h1-8,15H,9-10H2. The van der Waals surface area contributed by atoms with E-state index in [1.165, 1.54) is 22.3 Å². The average molecular weight is 225 g/mol. The van der Waals surface area contributed by atoms with E-state index >= 15 is 0 Å². The summed E-state index contributed by atoms with van der Waals surface area (Å²) in [5, 5.41) is 0. The first-order chi connectivity index (χ1) is 7.92. The second-order valence-corrected chi connectivity index (χ2v) is 4.63. The second-order valence-electron chi connectivity index (χ2n) is 4.22. The number of rotatable bonds is 2. The first-order valence-corrected chi connectivity index (χ1v) is 6.26. The zero-order valence-corrected chi connectivity index (χ0v) is 9.84. The number of hydrogen-bond acceptors (Lipinski definition) is 0. The molecule has 0 N–H and O–H groups in total. The Morgan fingerprint density at radius 1 is 0.812 bits per heavy atom. The van der Waals surface area contributed by atoms with Crippen molar-refractivity contribution in [1.82, 2.24) is 0 Å². The maximum absolute atomic E-state index is 5.15. The van der Waals surface area contributed by atoms with E-state index in [2.05, 4.69) is 48.5 Å². The lowest BCUT2D eigenvalue weighted by atomic mass is 9.94. The largest absolute Gasteiger partial charge is 0.0941 e. The average Bonchev–Trinajstić information content (AvgIpc) is 2.66. The van der Waals surface area contributed by atoms with E-state index in [9.17, 15) is 0 Å². The van der Waals surface area contributed by atoms with Gasteiger partial charge in [0.25, 0.3) is 0 Å². The normalized spacial score (nSPS) is 13.6. The molecule has 0 unspecified atom stereocenters. The van der Waals surface area contributed by atoms with Gasteiger partial charge in [-0.25, -0.2) is 0 Å². The van der Waals surface area contributed by atoms with Gasteiger partial charge in [-0.3, -0.25) is 0 Å². The highest BCUT2D eigenvalue weighted by atomic mass is 32.1. The lowest BCUT2D eigenvalue weighted by Crippen LogP contribution is -1.96. The Labute approximate surface area is 102 Å². The van der Waals surface area contributed by atoms with Gasteiger partial charge in [-0.15, -0.1) is 0 Å². The zero-order valence-electron chi connectivity index (χ0n) is 9.02. The number of benzene rings is 2. The van der Waals surface area contributed by atoms with Gasteiger partial charge >= 0.3 is 0 Å². The Hall–Kier alpha value is -1.21. The van der Waals surface area contributed by atoms with Crippen LogP contribution in [0.2, 0.25) is 0 Å². The quantitative estimate of drug-likeness (QED) is 0.711. The van der Waals surface area contributed by atoms with Crippen LogP contribution < -0.4 is 0 Å². The van der Waals surface area contributed by atoms with Crippen molar-refractivity contribution < 1.29 is 0 Å². The van der Waals surface area contributed by atoms with Gasteiger partial charge in [-0.1, -0.05) is 61.2 Å². The van der Waals surface area contributed by atoms with Crippen LogP contribution in [0.25, 0.3) is 11.1 Å². The summed E-state index contributed by atoms with van der Waals surface area (Å²) in [7, 11) is 0. The van der Waals surface area contributed by atoms with Gasteiger partial charge in [0.05, 0.1) is 0 Å². The topological polar surface area (TPSA) is 0 Å². The molecule has 2 aromatic carbocycles. The molecule has 0 aromatic heterocycles. The van der Waals surface area contributed by atoms with Crippen LogP contribution in [-0.2, 0) is 0 Å². The first kappa shape index (κ1) is 9.98. The van der Waals surface area contributed by atoms with Crippen LogP contribution in [0.5, 0.6) is 0 Å². The van der Waals surface area contributed by atoms with E-state index in [-0.39, 0.29) is 0 Å². The molecular formula is C15H13S. The number of hydrogen-bond donors (Lipinski definition) is 0. The maximum atomic E-state index is 5.15. The van der Waals surface area contributed by atoms with Crippen LogP contribution in [0.3, 0.4) is 0 Å². The van der Waals surface area contributed by atoms with Crippen LogP contribution >= 0.6 is 12.6 Å². The molecule has 1 radical (unpaired) electrons. The monoisotopic (exact) mass is 225 g/mol. The molecule has 0 nitrogen and oxygen atoms in total. The Bertz CT molecular complexity index is 471. The third-order valence-electron chi connectivity index (χ3n) is 3.37. The Morgan fingerprint density at radius 2 is 1.31 bits per heavy atom. The van der Waals surface area contributed by atoms with Gasteiger partial charge in [-0.05, 0) is 28.7 Å². The number of fused-ring (bicyclic) bond motifs is 3. The molecule has 0 fully saturated rings. The van der Waals surface area contributed by atoms with E-state index in [0.29, 0.717) is 5.92 Å². The summed E-state index contributed by atoms with van der Waals surface area (Å²) in [6.07, 6.45) is 1.07. The molecule has 0 saturated heterocycles. The van der Waals surface area contributed by atoms with Crippen molar-refractivity contribution in [3.63, 3.8) is 0 Å². The fourth-order valence-corrected chi connectivity index (χ4v) is 2.92. The van der Waals surface area contributed by atoms with Gasteiger partial charge in [0.2, 0.25) is 0 Å². The molecule has 0 heterocycles. The third kappa shape index (κ3) is 1.39. The van der Waals surface area contributed by atoms with Crippen molar-refractivity contribution in [1.29, 1.82) is 0 Å². The highest BCUT2D eigenvalue weighted by Gasteiger charge is 2.26. The van der Waals surface area contributed by atoms with Crippen molar-refractivity contribution in [3.8, 4) is 11.1 Å². The molecule has 0 aliphatic heterocycles. The highest BCUT2D eigenvalue weighted by molar-refractivity contribution is 7.80. The fraction of sp³-hybridized carbons (Fsp3) is 0.200. The van der Waals surface area contributed by atoms with Crippen LogP contribution in [0.1, 0.15) is 23.5 Å². The minimum absolute atomic E-state index is 0.518. The SMILES string of the molecule is [S]CCC1c2ccccc2-c2ccccc21. The van der Waals surface area contributed by atoms with Crippen molar-refractivity contribution in [2.45, 2.75) is 12.3 Å². The second kappa shape index (κ2) is 3.99. The predicted octanol–water partition coefficient (Wildman–Crippen LogP) is 4.39. The lowest BCUT2D eigenvalue weighted by molar-refractivity contribution is 0.807. The summed E-state index contributed by atoms with van der Waals surface area (Å²) in [5.41, 5.74) is 5.69. The predicted molar refractivity (Wildman–Crippen MR) is 70.8 cm³/mol. The molecule has 79 valence electrons. The molecule has 1 heteroatoms. The van der Waals surface area contributed by atoms with E-state index in [1.807, 2.05) is 0 Å². The molecular weight excluding hydrogens is 212 g/mol. The summed E-state index contributed by atoms with van der Waals surface area (Å²) >= 11 is 5.15. The van der Waals surface area contributed by atoms with Crippen LogP contribution in [0.4, 0.5) is 0 Å². The summed E-state index contributed by atoms with van der Waals surface area (Å²) in [6.45, 7) is 0. The van der Waals surface area contributed by atoms with Gasteiger partial charge in [0.1, 0.15) is 0 Å². The third-order valence-corrected chi connectivity index (χ3v) is 3.60. The summed E-state index contributed by atoms with van der Waals surface area (Å²) < 4.78 is 0. The molecule has 16 heavy (non-hydrogen) atoms. The van der Waals surface area contributed by atoms with Crippen molar-refractivity contribution in [2.24, 2.45) is 0 Å². The van der Waals surface area contributed by atoms with E-state index < -0.39 is 0 Å².